The molecule has 0 unspecified atom stereocenters. The molecule has 36 heavy (non-hydrogen) atoms. The lowest BCUT2D eigenvalue weighted by atomic mass is 10.1. The number of carbonyl (C=O) groups is 1. The maximum atomic E-state index is 13.9. The van der Waals surface area contributed by atoms with Crippen molar-refractivity contribution < 1.29 is 27.8 Å². The van der Waals surface area contributed by atoms with Gasteiger partial charge in [-0.15, -0.1) is 0 Å². The van der Waals surface area contributed by atoms with E-state index in [9.17, 15) is 18.7 Å². The van der Waals surface area contributed by atoms with Gasteiger partial charge in [0.25, 0.3) is 0 Å². The molecule has 0 bridgehead atoms. The summed E-state index contributed by atoms with van der Waals surface area (Å²) in [7, 11) is 0. The Hall–Kier alpha value is -4.04. The fourth-order valence-electron chi connectivity index (χ4n) is 3.75. The summed E-state index contributed by atoms with van der Waals surface area (Å²) < 4.78 is 38.8. The second kappa shape index (κ2) is 11.6. The normalized spacial score (nSPS) is 11.9. The third kappa shape index (κ3) is 6.34. The van der Waals surface area contributed by atoms with Gasteiger partial charge in [0.2, 0.25) is 5.89 Å². The molecule has 0 aliphatic rings. The highest BCUT2D eigenvalue weighted by molar-refractivity contribution is 5.74. The number of carboxylic acids is 1. The van der Waals surface area contributed by atoms with Crippen LogP contribution in [-0.2, 0) is 24.2 Å². The van der Waals surface area contributed by atoms with Gasteiger partial charge in [-0.3, -0.25) is 10.1 Å². The van der Waals surface area contributed by atoms with Gasteiger partial charge in [0.1, 0.15) is 17.6 Å². The van der Waals surface area contributed by atoms with Crippen molar-refractivity contribution in [3.05, 3.63) is 107 Å². The van der Waals surface area contributed by atoms with Crippen LogP contribution in [0.5, 0.6) is 5.75 Å². The standard InChI is InChI=1S/C28H26F2N2O4/c1-18-24(32-27(36-18)20-6-3-2-4-7-20)14-15-35-22-12-10-19(11-13-22)16-25(28(33)34)31-17-21-8-5-9-23(29)26(21)30/h2-13,25,31H,14-17H2,1H3,(H,33,34)/t25-/m0/s1. The van der Waals surface area contributed by atoms with E-state index in [0.717, 1.165) is 28.6 Å². The molecule has 0 saturated heterocycles. The van der Waals surface area contributed by atoms with E-state index >= 15 is 0 Å². The summed E-state index contributed by atoms with van der Waals surface area (Å²) in [5.41, 5.74) is 2.58. The Morgan fingerprint density at radius 2 is 1.81 bits per heavy atom. The van der Waals surface area contributed by atoms with E-state index in [-0.39, 0.29) is 18.5 Å². The van der Waals surface area contributed by atoms with Crippen LogP contribution in [0.3, 0.4) is 0 Å². The Morgan fingerprint density at radius 1 is 1.06 bits per heavy atom. The average molecular weight is 493 g/mol. The third-order valence-electron chi connectivity index (χ3n) is 5.75. The minimum atomic E-state index is -1.08. The maximum absolute atomic E-state index is 13.9. The van der Waals surface area contributed by atoms with Gasteiger partial charge in [-0.1, -0.05) is 42.5 Å². The molecule has 2 N–H and O–H groups in total. The van der Waals surface area contributed by atoms with Crippen molar-refractivity contribution in [2.24, 2.45) is 0 Å². The lowest BCUT2D eigenvalue weighted by Gasteiger charge is -2.15. The first-order chi connectivity index (χ1) is 17.4. The van der Waals surface area contributed by atoms with Crippen molar-refractivity contribution in [2.45, 2.75) is 32.4 Å². The maximum Gasteiger partial charge on any atom is 0.321 e. The zero-order valence-corrected chi connectivity index (χ0v) is 19.7. The molecule has 4 aromatic rings. The molecule has 0 radical (unpaired) electrons. The number of rotatable bonds is 11. The van der Waals surface area contributed by atoms with Crippen LogP contribution in [0, 0.1) is 18.6 Å². The fraction of sp³-hybridized carbons (Fsp3) is 0.214. The summed E-state index contributed by atoms with van der Waals surface area (Å²) in [5.74, 6) is -1.05. The lowest BCUT2D eigenvalue weighted by Crippen LogP contribution is -2.38. The van der Waals surface area contributed by atoms with E-state index in [0.29, 0.717) is 24.7 Å². The zero-order chi connectivity index (χ0) is 25.5. The van der Waals surface area contributed by atoms with Crippen molar-refractivity contribution in [1.29, 1.82) is 0 Å². The number of hydrogen-bond donors (Lipinski definition) is 2. The molecule has 0 aliphatic carbocycles. The Labute approximate surface area is 207 Å². The van der Waals surface area contributed by atoms with Gasteiger partial charge in [-0.05, 0) is 49.2 Å². The molecule has 1 atom stereocenters. The fourth-order valence-corrected chi connectivity index (χ4v) is 3.75. The van der Waals surface area contributed by atoms with E-state index in [1.54, 1.807) is 24.3 Å². The first kappa shape index (κ1) is 25.1. The van der Waals surface area contributed by atoms with Crippen LogP contribution in [0.2, 0.25) is 0 Å². The highest BCUT2D eigenvalue weighted by atomic mass is 19.2. The van der Waals surface area contributed by atoms with Gasteiger partial charge in [-0.25, -0.2) is 13.8 Å². The molecular weight excluding hydrogens is 466 g/mol. The highest BCUT2D eigenvalue weighted by Gasteiger charge is 2.19. The summed E-state index contributed by atoms with van der Waals surface area (Å²) >= 11 is 0. The summed E-state index contributed by atoms with van der Waals surface area (Å²) in [4.78, 5) is 16.2. The van der Waals surface area contributed by atoms with Crippen LogP contribution >= 0.6 is 0 Å². The van der Waals surface area contributed by atoms with Gasteiger partial charge in [0, 0.05) is 24.1 Å². The van der Waals surface area contributed by atoms with Gasteiger partial charge in [0.15, 0.2) is 11.6 Å². The highest BCUT2D eigenvalue weighted by Crippen LogP contribution is 2.22. The van der Waals surface area contributed by atoms with Gasteiger partial charge in [-0.2, -0.15) is 0 Å². The van der Waals surface area contributed by atoms with Crippen LogP contribution < -0.4 is 10.1 Å². The molecule has 0 spiro atoms. The van der Waals surface area contributed by atoms with Crippen LogP contribution in [0.4, 0.5) is 8.78 Å². The third-order valence-corrected chi connectivity index (χ3v) is 5.75. The number of aromatic nitrogens is 1. The number of carboxylic acid groups (broad SMARTS) is 1. The number of nitrogens with zero attached hydrogens (tertiary/aromatic N) is 1. The van der Waals surface area contributed by atoms with Crippen molar-refractivity contribution in [3.8, 4) is 17.2 Å². The molecule has 0 fully saturated rings. The van der Waals surface area contributed by atoms with Crippen LogP contribution in [0.1, 0.15) is 22.6 Å². The second-order valence-electron chi connectivity index (χ2n) is 8.32. The van der Waals surface area contributed by atoms with Crippen LogP contribution in [-0.4, -0.2) is 28.7 Å². The Bertz CT molecular complexity index is 1310. The monoisotopic (exact) mass is 492 g/mol. The zero-order valence-electron chi connectivity index (χ0n) is 19.7. The Morgan fingerprint density at radius 3 is 2.53 bits per heavy atom. The largest absolute Gasteiger partial charge is 0.493 e. The Balaban J connectivity index is 1.29. The molecule has 4 rings (SSSR count). The lowest BCUT2D eigenvalue weighted by molar-refractivity contribution is -0.139. The quantitative estimate of drug-likeness (QED) is 0.294. The van der Waals surface area contributed by atoms with E-state index in [1.165, 1.54) is 12.1 Å². The van der Waals surface area contributed by atoms with Crippen LogP contribution in [0.25, 0.3) is 11.5 Å². The molecule has 6 nitrogen and oxygen atoms in total. The number of halogens is 2. The minimum absolute atomic E-state index is 0.0724. The molecular formula is C28H26F2N2O4. The number of hydrogen-bond acceptors (Lipinski definition) is 5. The predicted octanol–water partition coefficient (Wildman–Crippen LogP) is 5.34. The molecule has 1 aromatic heterocycles. The van der Waals surface area contributed by atoms with Crippen LogP contribution in [0.15, 0.2) is 77.2 Å². The summed E-state index contributed by atoms with van der Waals surface area (Å²) in [6.45, 7) is 2.17. The van der Waals surface area contributed by atoms with Crippen molar-refractivity contribution >= 4 is 5.97 Å². The van der Waals surface area contributed by atoms with Crippen molar-refractivity contribution in [3.63, 3.8) is 0 Å². The molecule has 0 aliphatic heterocycles. The molecule has 3 aromatic carbocycles. The SMILES string of the molecule is Cc1oc(-c2ccccc2)nc1CCOc1ccc(C[C@H](NCc2cccc(F)c2F)C(=O)O)cc1. The molecule has 186 valence electrons. The van der Waals surface area contributed by atoms with E-state index in [4.69, 9.17) is 9.15 Å². The summed E-state index contributed by atoms with van der Waals surface area (Å²) in [6.07, 6.45) is 0.749. The van der Waals surface area contributed by atoms with Crippen molar-refractivity contribution in [1.82, 2.24) is 10.3 Å². The molecule has 1 heterocycles. The van der Waals surface area contributed by atoms with E-state index in [2.05, 4.69) is 10.3 Å². The van der Waals surface area contributed by atoms with E-state index < -0.39 is 23.6 Å². The number of aliphatic carboxylic acids is 1. The number of aryl methyl sites for hydroxylation is 1. The first-order valence-electron chi connectivity index (χ1n) is 11.5. The first-order valence-corrected chi connectivity index (χ1v) is 11.5. The number of nitrogens with one attached hydrogen (secondary N) is 1. The Kier molecular flexibility index (Phi) is 8.07. The topological polar surface area (TPSA) is 84.6 Å². The van der Waals surface area contributed by atoms with E-state index in [1.807, 2.05) is 37.3 Å². The second-order valence-corrected chi connectivity index (χ2v) is 8.32. The van der Waals surface area contributed by atoms with Gasteiger partial charge < -0.3 is 14.3 Å². The minimum Gasteiger partial charge on any atom is -0.493 e. The summed E-state index contributed by atoms with van der Waals surface area (Å²) in [5, 5.41) is 12.3. The predicted molar refractivity (Wildman–Crippen MR) is 131 cm³/mol. The summed E-state index contributed by atoms with van der Waals surface area (Å²) in [6, 6.07) is 19.6. The average Bonchev–Trinajstić information content (AvgIpc) is 3.25. The van der Waals surface area contributed by atoms with Gasteiger partial charge >= 0.3 is 5.97 Å². The number of ether oxygens (including phenoxy) is 1. The smallest absolute Gasteiger partial charge is 0.321 e. The van der Waals surface area contributed by atoms with Crippen molar-refractivity contribution in [2.75, 3.05) is 6.61 Å². The molecule has 0 amide bonds. The molecule has 8 heteroatoms. The van der Waals surface area contributed by atoms with Gasteiger partial charge in [0.05, 0.1) is 12.3 Å². The number of oxazole rings is 1. The number of benzene rings is 3. The molecule has 0 saturated carbocycles.